The lowest BCUT2D eigenvalue weighted by Crippen LogP contribution is -2.37. The van der Waals surface area contributed by atoms with Crippen molar-refractivity contribution in [1.82, 2.24) is 15.2 Å². The Bertz CT molecular complexity index is 350. The Labute approximate surface area is 119 Å². The predicted octanol–water partition coefficient (Wildman–Crippen LogP) is 3.15. The lowest BCUT2D eigenvalue weighted by atomic mass is 10.2. The zero-order valence-electron chi connectivity index (χ0n) is 11.0. The summed E-state index contributed by atoms with van der Waals surface area (Å²) < 4.78 is 0.652. The Balaban J connectivity index is 1.86. The van der Waals surface area contributed by atoms with E-state index in [1.165, 1.54) is 43.6 Å². The predicted molar refractivity (Wildman–Crippen MR) is 78.3 cm³/mol. The molecule has 1 atom stereocenters. The Hall–Kier alpha value is -0.160. The number of aromatic nitrogens is 1. The fourth-order valence-corrected chi connectivity index (χ4v) is 3.44. The van der Waals surface area contributed by atoms with Gasteiger partial charge in [0.05, 0.1) is 0 Å². The molecule has 1 unspecified atom stereocenters. The van der Waals surface area contributed by atoms with Gasteiger partial charge in [-0.3, -0.25) is 4.90 Å². The van der Waals surface area contributed by atoms with Crippen LogP contribution in [-0.4, -0.2) is 35.6 Å². The molecule has 3 nitrogen and oxygen atoms in total. The highest BCUT2D eigenvalue weighted by Gasteiger charge is 2.18. The molecular formula is C13H22ClN3S. The largest absolute Gasteiger partial charge is 0.313 e. The van der Waals surface area contributed by atoms with Crippen LogP contribution in [0.5, 0.6) is 0 Å². The Morgan fingerprint density at radius 3 is 3.11 bits per heavy atom. The molecule has 0 aliphatic carbocycles. The van der Waals surface area contributed by atoms with Gasteiger partial charge in [-0.05, 0) is 32.4 Å². The van der Waals surface area contributed by atoms with E-state index in [1.807, 2.05) is 6.20 Å². The first-order chi connectivity index (χ1) is 8.78. The molecule has 1 saturated heterocycles. The Kier molecular flexibility index (Phi) is 5.89. The van der Waals surface area contributed by atoms with E-state index in [0.717, 1.165) is 13.1 Å². The monoisotopic (exact) mass is 287 g/mol. The van der Waals surface area contributed by atoms with Gasteiger partial charge in [0.1, 0.15) is 0 Å². The van der Waals surface area contributed by atoms with E-state index in [1.54, 1.807) is 11.3 Å². The molecule has 1 aromatic heterocycles. The minimum absolute atomic E-state index is 0.652. The highest BCUT2D eigenvalue weighted by Crippen LogP contribution is 2.20. The maximum Gasteiger partial charge on any atom is 0.183 e. The topological polar surface area (TPSA) is 28.2 Å². The van der Waals surface area contributed by atoms with Gasteiger partial charge in [-0.2, -0.15) is 0 Å². The van der Waals surface area contributed by atoms with Crippen molar-refractivity contribution in [3.05, 3.63) is 15.5 Å². The number of hydrogen-bond donors (Lipinski definition) is 1. The van der Waals surface area contributed by atoms with E-state index in [4.69, 9.17) is 11.6 Å². The average Bonchev–Trinajstić information content (AvgIpc) is 2.98. The number of nitrogens with one attached hydrogen (secondary N) is 1. The molecule has 1 fully saturated rings. The molecule has 0 saturated carbocycles. The summed E-state index contributed by atoms with van der Waals surface area (Å²) >= 11 is 7.49. The minimum atomic E-state index is 0.652. The fraction of sp³-hybridized carbons (Fsp3) is 0.769. The van der Waals surface area contributed by atoms with E-state index in [2.05, 4.69) is 22.1 Å². The molecule has 102 valence electrons. The fourth-order valence-electron chi connectivity index (χ4n) is 2.42. The standard InChI is InChI=1S/C13H22ClN3S/c1-2-3-7-17(9-11-5-4-6-15-11)10-12-8-16-13(14)18-12/h8,11,15H,2-7,9-10H2,1H3. The van der Waals surface area contributed by atoms with Crippen LogP contribution in [0.2, 0.25) is 4.47 Å². The lowest BCUT2D eigenvalue weighted by Gasteiger charge is -2.24. The SMILES string of the molecule is CCCCN(Cc1cnc(Cl)s1)CC1CCCN1. The van der Waals surface area contributed by atoms with Crippen molar-refractivity contribution in [2.24, 2.45) is 0 Å². The summed E-state index contributed by atoms with van der Waals surface area (Å²) in [5, 5.41) is 3.57. The van der Waals surface area contributed by atoms with Crippen LogP contribution in [0.25, 0.3) is 0 Å². The van der Waals surface area contributed by atoms with Gasteiger partial charge in [-0.25, -0.2) is 4.98 Å². The summed E-state index contributed by atoms with van der Waals surface area (Å²) in [6.07, 6.45) is 7.05. The third kappa shape index (κ3) is 4.50. The molecule has 1 aliphatic rings. The second-order valence-corrected chi connectivity index (χ2v) is 6.66. The quantitative estimate of drug-likeness (QED) is 0.835. The number of rotatable bonds is 7. The molecule has 1 N–H and O–H groups in total. The van der Waals surface area contributed by atoms with Gasteiger partial charge in [0.2, 0.25) is 0 Å². The van der Waals surface area contributed by atoms with E-state index in [9.17, 15) is 0 Å². The minimum Gasteiger partial charge on any atom is -0.313 e. The number of unbranched alkanes of at least 4 members (excludes halogenated alkanes) is 1. The van der Waals surface area contributed by atoms with Crippen molar-refractivity contribution in [2.45, 2.75) is 45.2 Å². The third-order valence-electron chi connectivity index (χ3n) is 3.37. The van der Waals surface area contributed by atoms with Gasteiger partial charge >= 0.3 is 0 Å². The van der Waals surface area contributed by atoms with Crippen LogP contribution in [0.4, 0.5) is 0 Å². The highest BCUT2D eigenvalue weighted by atomic mass is 35.5. The van der Waals surface area contributed by atoms with Crippen molar-refractivity contribution in [2.75, 3.05) is 19.6 Å². The smallest absolute Gasteiger partial charge is 0.183 e. The van der Waals surface area contributed by atoms with E-state index in [-0.39, 0.29) is 0 Å². The number of hydrogen-bond acceptors (Lipinski definition) is 4. The van der Waals surface area contributed by atoms with Gasteiger partial charge in [0.25, 0.3) is 0 Å². The maximum atomic E-state index is 5.90. The zero-order valence-corrected chi connectivity index (χ0v) is 12.6. The van der Waals surface area contributed by atoms with E-state index >= 15 is 0 Å². The van der Waals surface area contributed by atoms with Crippen LogP contribution in [0, 0.1) is 0 Å². The summed E-state index contributed by atoms with van der Waals surface area (Å²) in [5.41, 5.74) is 0. The molecule has 0 bridgehead atoms. The summed E-state index contributed by atoms with van der Waals surface area (Å²) in [5.74, 6) is 0. The molecule has 2 heterocycles. The lowest BCUT2D eigenvalue weighted by molar-refractivity contribution is 0.239. The normalized spacial score (nSPS) is 19.8. The average molecular weight is 288 g/mol. The van der Waals surface area contributed by atoms with E-state index < -0.39 is 0 Å². The van der Waals surface area contributed by atoms with Crippen LogP contribution in [0.15, 0.2) is 6.20 Å². The Morgan fingerprint density at radius 1 is 1.61 bits per heavy atom. The molecule has 0 aromatic carbocycles. The van der Waals surface area contributed by atoms with Crippen LogP contribution in [0.3, 0.4) is 0 Å². The van der Waals surface area contributed by atoms with Gasteiger partial charge in [-0.1, -0.05) is 24.9 Å². The molecule has 1 aromatic rings. The summed E-state index contributed by atoms with van der Waals surface area (Å²) in [4.78, 5) is 7.93. The van der Waals surface area contributed by atoms with Crippen molar-refractivity contribution < 1.29 is 0 Å². The number of nitrogens with zero attached hydrogens (tertiary/aromatic N) is 2. The third-order valence-corrected chi connectivity index (χ3v) is 4.47. The van der Waals surface area contributed by atoms with Gasteiger partial charge in [0.15, 0.2) is 4.47 Å². The van der Waals surface area contributed by atoms with Crippen LogP contribution >= 0.6 is 22.9 Å². The van der Waals surface area contributed by atoms with E-state index in [0.29, 0.717) is 10.5 Å². The molecule has 0 radical (unpaired) electrons. The molecule has 0 amide bonds. The number of thiazole rings is 1. The first kappa shape index (κ1) is 14.3. The van der Waals surface area contributed by atoms with Crippen molar-refractivity contribution in [3.8, 4) is 0 Å². The number of halogens is 1. The zero-order chi connectivity index (χ0) is 12.8. The summed E-state index contributed by atoms with van der Waals surface area (Å²) in [6.45, 7) is 6.73. The summed E-state index contributed by atoms with van der Waals surface area (Å²) in [6, 6.07) is 0.672. The molecule has 18 heavy (non-hydrogen) atoms. The molecular weight excluding hydrogens is 266 g/mol. The second kappa shape index (κ2) is 7.43. The Morgan fingerprint density at radius 2 is 2.50 bits per heavy atom. The molecule has 2 rings (SSSR count). The second-order valence-electron chi connectivity index (χ2n) is 4.96. The van der Waals surface area contributed by atoms with Crippen LogP contribution in [0.1, 0.15) is 37.5 Å². The van der Waals surface area contributed by atoms with Gasteiger partial charge in [0, 0.05) is 30.2 Å². The van der Waals surface area contributed by atoms with Crippen molar-refractivity contribution in [1.29, 1.82) is 0 Å². The maximum absolute atomic E-state index is 5.90. The first-order valence-electron chi connectivity index (χ1n) is 6.84. The van der Waals surface area contributed by atoms with Gasteiger partial charge < -0.3 is 5.32 Å². The molecule has 1 aliphatic heterocycles. The van der Waals surface area contributed by atoms with Crippen molar-refractivity contribution in [3.63, 3.8) is 0 Å². The van der Waals surface area contributed by atoms with Crippen molar-refractivity contribution >= 4 is 22.9 Å². The van der Waals surface area contributed by atoms with Crippen LogP contribution < -0.4 is 5.32 Å². The summed E-state index contributed by atoms with van der Waals surface area (Å²) in [7, 11) is 0. The van der Waals surface area contributed by atoms with Crippen LogP contribution in [-0.2, 0) is 6.54 Å². The molecule has 0 spiro atoms. The first-order valence-corrected chi connectivity index (χ1v) is 8.03. The van der Waals surface area contributed by atoms with Gasteiger partial charge in [-0.15, -0.1) is 11.3 Å². The highest BCUT2D eigenvalue weighted by molar-refractivity contribution is 7.15. The molecule has 5 heteroatoms.